The largest absolute Gasteiger partial charge is 0.480 e. The van der Waals surface area contributed by atoms with Crippen molar-refractivity contribution in [1.29, 1.82) is 0 Å². The summed E-state index contributed by atoms with van der Waals surface area (Å²) in [7, 11) is 0. The fraction of sp³-hybridized carbons (Fsp3) is 0.400. The molecular weight excluding hydrogens is 270 g/mol. The smallest absolute Gasteiger partial charge is 0.323 e. The molecule has 2 rings (SSSR count). The maximum absolute atomic E-state index is 11.2. The summed E-state index contributed by atoms with van der Waals surface area (Å²) in [6.07, 6.45) is 0.460. The van der Waals surface area contributed by atoms with E-state index in [4.69, 9.17) is 4.42 Å². The lowest BCUT2D eigenvalue weighted by atomic mass is 9.99. The van der Waals surface area contributed by atoms with E-state index in [9.17, 15) is 9.90 Å². The van der Waals surface area contributed by atoms with Gasteiger partial charge in [0.1, 0.15) is 5.54 Å². The number of hydrogen-bond acceptors (Lipinski definition) is 5. The van der Waals surface area contributed by atoms with Gasteiger partial charge >= 0.3 is 5.97 Å². The summed E-state index contributed by atoms with van der Waals surface area (Å²) in [4.78, 5) is 11.2. The van der Waals surface area contributed by atoms with E-state index in [1.54, 1.807) is 6.92 Å². The summed E-state index contributed by atoms with van der Waals surface area (Å²) >= 11 is 0. The topological polar surface area (TPSA) is 88.3 Å². The van der Waals surface area contributed by atoms with Crippen molar-refractivity contribution in [2.75, 3.05) is 0 Å². The molecule has 6 heteroatoms. The quantitative estimate of drug-likeness (QED) is 0.849. The van der Waals surface area contributed by atoms with E-state index >= 15 is 0 Å². The van der Waals surface area contributed by atoms with E-state index in [1.165, 1.54) is 0 Å². The molecule has 0 aliphatic heterocycles. The highest BCUT2D eigenvalue weighted by molar-refractivity contribution is 5.78. The van der Waals surface area contributed by atoms with Crippen LogP contribution in [0.25, 0.3) is 11.5 Å². The summed E-state index contributed by atoms with van der Waals surface area (Å²) < 4.78 is 5.57. The second-order valence-electron chi connectivity index (χ2n) is 5.21. The number of nitrogens with zero attached hydrogens (tertiary/aromatic N) is 2. The molecule has 0 fully saturated rings. The van der Waals surface area contributed by atoms with Gasteiger partial charge in [0.25, 0.3) is 0 Å². The van der Waals surface area contributed by atoms with Gasteiger partial charge in [-0.15, -0.1) is 10.2 Å². The summed E-state index contributed by atoms with van der Waals surface area (Å²) in [6.45, 7) is 5.65. The summed E-state index contributed by atoms with van der Waals surface area (Å²) in [5.74, 6) is -0.0973. The Kier molecular flexibility index (Phi) is 4.37. The highest BCUT2D eigenvalue weighted by Crippen LogP contribution is 2.19. The van der Waals surface area contributed by atoms with Crippen LogP contribution < -0.4 is 5.32 Å². The number of carboxylic acid groups (broad SMARTS) is 1. The van der Waals surface area contributed by atoms with Crippen LogP contribution in [-0.2, 0) is 11.3 Å². The number of benzene rings is 1. The van der Waals surface area contributed by atoms with E-state index in [-0.39, 0.29) is 6.54 Å². The van der Waals surface area contributed by atoms with Crippen molar-refractivity contribution < 1.29 is 14.3 Å². The summed E-state index contributed by atoms with van der Waals surface area (Å²) in [6, 6.07) is 7.76. The average molecular weight is 289 g/mol. The maximum atomic E-state index is 11.2. The molecule has 0 bridgehead atoms. The Morgan fingerprint density at radius 2 is 2.19 bits per heavy atom. The fourth-order valence-electron chi connectivity index (χ4n) is 1.84. The number of carboxylic acids is 1. The Morgan fingerprint density at radius 1 is 1.43 bits per heavy atom. The number of carbonyl (C=O) groups is 1. The van der Waals surface area contributed by atoms with Crippen molar-refractivity contribution in [3.8, 4) is 11.5 Å². The zero-order valence-corrected chi connectivity index (χ0v) is 12.4. The summed E-state index contributed by atoms with van der Waals surface area (Å²) in [5.41, 5.74) is 0.956. The third-order valence-electron chi connectivity index (χ3n) is 3.54. The molecule has 0 amide bonds. The summed E-state index contributed by atoms with van der Waals surface area (Å²) in [5, 5.41) is 20.1. The van der Waals surface area contributed by atoms with Crippen LogP contribution in [0.15, 0.2) is 28.7 Å². The minimum absolute atomic E-state index is 0.218. The molecule has 0 spiro atoms. The number of rotatable bonds is 6. The van der Waals surface area contributed by atoms with Crippen LogP contribution in [-0.4, -0.2) is 26.8 Å². The second-order valence-corrected chi connectivity index (χ2v) is 5.21. The molecule has 21 heavy (non-hydrogen) atoms. The standard InChI is InChI=1S/C15H19N3O3/c1-4-15(3,14(19)20)16-9-12-17-18-13(21-12)11-7-5-6-10(2)8-11/h5-8,16H,4,9H2,1-3H3,(H,19,20). The van der Waals surface area contributed by atoms with Crippen molar-refractivity contribution in [1.82, 2.24) is 15.5 Å². The Morgan fingerprint density at radius 3 is 2.81 bits per heavy atom. The van der Waals surface area contributed by atoms with Gasteiger partial charge in [0, 0.05) is 5.56 Å². The molecule has 0 aliphatic carbocycles. The highest BCUT2D eigenvalue weighted by atomic mass is 16.4. The van der Waals surface area contributed by atoms with Gasteiger partial charge in [-0.2, -0.15) is 0 Å². The van der Waals surface area contributed by atoms with Crippen LogP contribution in [0.5, 0.6) is 0 Å². The Hall–Kier alpha value is -2.21. The van der Waals surface area contributed by atoms with Gasteiger partial charge in [-0.1, -0.05) is 24.6 Å². The number of aromatic nitrogens is 2. The molecule has 1 aromatic carbocycles. The predicted octanol–water partition coefficient (Wildman–Crippen LogP) is 2.39. The molecule has 2 N–H and O–H groups in total. The lowest BCUT2D eigenvalue weighted by Crippen LogP contribution is -2.48. The fourth-order valence-corrected chi connectivity index (χ4v) is 1.84. The van der Waals surface area contributed by atoms with Crippen LogP contribution in [0.4, 0.5) is 0 Å². The maximum Gasteiger partial charge on any atom is 0.323 e. The van der Waals surface area contributed by atoms with E-state index < -0.39 is 11.5 Å². The van der Waals surface area contributed by atoms with E-state index in [1.807, 2.05) is 38.1 Å². The second kappa shape index (κ2) is 6.05. The van der Waals surface area contributed by atoms with E-state index in [0.717, 1.165) is 11.1 Å². The first-order chi connectivity index (χ1) is 9.94. The van der Waals surface area contributed by atoms with E-state index in [0.29, 0.717) is 18.2 Å². The SMILES string of the molecule is CCC(C)(NCc1nnc(-c2cccc(C)c2)o1)C(=O)O. The van der Waals surface area contributed by atoms with E-state index in [2.05, 4.69) is 15.5 Å². The third-order valence-corrected chi connectivity index (χ3v) is 3.54. The van der Waals surface area contributed by atoms with Gasteiger partial charge in [0.05, 0.1) is 6.54 Å². The Bertz CT molecular complexity index is 639. The normalized spacial score (nSPS) is 13.9. The first-order valence-electron chi connectivity index (χ1n) is 6.82. The molecule has 1 aromatic heterocycles. The first-order valence-corrected chi connectivity index (χ1v) is 6.82. The minimum Gasteiger partial charge on any atom is -0.480 e. The first kappa shape index (κ1) is 15.2. The van der Waals surface area contributed by atoms with Gasteiger partial charge in [0.15, 0.2) is 0 Å². The van der Waals surface area contributed by atoms with Crippen LogP contribution in [0.1, 0.15) is 31.7 Å². The van der Waals surface area contributed by atoms with Crippen LogP contribution >= 0.6 is 0 Å². The predicted molar refractivity (Wildman–Crippen MR) is 77.6 cm³/mol. The van der Waals surface area contributed by atoms with Crippen molar-refractivity contribution >= 4 is 5.97 Å². The molecule has 0 aliphatic rings. The molecular formula is C15H19N3O3. The van der Waals surface area contributed by atoms with Gasteiger partial charge in [-0.3, -0.25) is 10.1 Å². The van der Waals surface area contributed by atoms with Gasteiger partial charge in [0.2, 0.25) is 11.8 Å². The monoisotopic (exact) mass is 289 g/mol. The van der Waals surface area contributed by atoms with Crippen LogP contribution in [0.2, 0.25) is 0 Å². The average Bonchev–Trinajstić information content (AvgIpc) is 2.93. The van der Waals surface area contributed by atoms with Crippen molar-refractivity contribution in [2.24, 2.45) is 0 Å². The zero-order chi connectivity index (χ0) is 15.5. The molecule has 112 valence electrons. The Labute approximate surface area is 123 Å². The minimum atomic E-state index is -1.00. The molecule has 1 unspecified atom stereocenters. The molecule has 6 nitrogen and oxygen atoms in total. The number of aliphatic carboxylic acids is 1. The van der Waals surface area contributed by atoms with Crippen molar-refractivity contribution in [2.45, 2.75) is 39.3 Å². The van der Waals surface area contributed by atoms with Gasteiger partial charge in [-0.25, -0.2) is 0 Å². The molecule has 0 saturated carbocycles. The molecule has 1 heterocycles. The highest BCUT2D eigenvalue weighted by Gasteiger charge is 2.30. The van der Waals surface area contributed by atoms with Crippen LogP contribution in [0, 0.1) is 6.92 Å². The number of nitrogens with one attached hydrogen (secondary N) is 1. The van der Waals surface area contributed by atoms with Crippen LogP contribution in [0.3, 0.4) is 0 Å². The number of aryl methyl sites for hydroxylation is 1. The number of hydrogen-bond donors (Lipinski definition) is 2. The van der Waals surface area contributed by atoms with Gasteiger partial charge < -0.3 is 9.52 Å². The lowest BCUT2D eigenvalue weighted by molar-refractivity contribution is -0.144. The van der Waals surface area contributed by atoms with Gasteiger partial charge in [-0.05, 0) is 32.4 Å². The molecule has 2 aromatic rings. The third kappa shape index (κ3) is 3.46. The lowest BCUT2D eigenvalue weighted by Gasteiger charge is -2.23. The van der Waals surface area contributed by atoms with Crippen molar-refractivity contribution in [3.63, 3.8) is 0 Å². The Balaban J connectivity index is 2.09. The zero-order valence-electron chi connectivity index (χ0n) is 12.4. The molecule has 0 saturated heterocycles. The molecule has 1 atom stereocenters. The molecule has 0 radical (unpaired) electrons. The van der Waals surface area contributed by atoms with Crippen molar-refractivity contribution in [3.05, 3.63) is 35.7 Å².